The summed E-state index contributed by atoms with van der Waals surface area (Å²) in [5, 5.41) is 10.6. The minimum Gasteiger partial charge on any atom is -0.462 e. The molecule has 0 bridgehead atoms. The zero-order valence-corrected chi connectivity index (χ0v) is 63.2. The second-order valence-electron chi connectivity index (χ2n) is 28.0. The highest BCUT2D eigenvalue weighted by molar-refractivity contribution is 7.47. The average Bonchev–Trinajstić information content (AvgIpc) is 1.60. The van der Waals surface area contributed by atoms with Crippen LogP contribution in [0.5, 0.6) is 0 Å². The van der Waals surface area contributed by atoms with Crippen LogP contribution in [0.4, 0.5) is 0 Å². The highest BCUT2D eigenvalue weighted by Crippen LogP contribution is 2.45. The lowest BCUT2D eigenvalue weighted by molar-refractivity contribution is -0.161. The number of phosphoric ester groups is 2. The van der Waals surface area contributed by atoms with Gasteiger partial charge in [-0.15, -0.1) is 0 Å². The molecule has 558 valence electrons. The van der Waals surface area contributed by atoms with E-state index in [0.29, 0.717) is 25.7 Å². The monoisotopic (exact) mass is 1380 g/mol. The van der Waals surface area contributed by atoms with E-state index in [1.807, 2.05) is 0 Å². The molecule has 0 saturated carbocycles. The fourth-order valence-electron chi connectivity index (χ4n) is 11.4. The van der Waals surface area contributed by atoms with E-state index in [9.17, 15) is 43.2 Å². The maximum absolute atomic E-state index is 13.1. The van der Waals surface area contributed by atoms with Crippen molar-refractivity contribution in [3.63, 3.8) is 0 Å². The Morgan fingerprint density at radius 2 is 0.543 bits per heavy atom. The van der Waals surface area contributed by atoms with Gasteiger partial charge in [0, 0.05) is 25.7 Å². The third-order valence-electron chi connectivity index (χ3n) is 18.1. The highest BCUT2D eigenvalue weighted by atomic mass is 31.2. The topological polar surface area (TPSA) is 237 Å². The van der Waals surface area contributed by atoms with Gasteiger partial charge in [-0.2, -0.15) is 0 Å². The summed E-state index contributed by atoms with van der Waals surface area (Å²) >= 11 is 0. The van der Waals surface area contributed by atoms with Crippen LogP contribution < -0.4 is 0 Å². The number of aliphatic hydroxyl groups excluding tert-OH is 1. The van der Waals surface area contributed by atoms with Crippen molar-refractivity contribution in [3.8, 4) is 0 Å². The molecule has 0 aliphatic heterocycles. The van der Waals surface area contributed by atoms with Crippen molar-refractivity contribution >= 4 is 39.5 Å². The van der Waals surface area contributed by atoms with Crippen LogP contribution >= 0.6 is 15.6 Å². The van der Waals surface area contributed by atoms with Crippen LogP contribution in [0.15, 0.2) is 0 Å². The van der Waals surface area contributed by atoms with E-state index in [1.54, 1.807) is 0 Å². The van der Waals surface area contributed by atoms with E-state index in [0.717, 1.165) is 108 Å². The Morgan fingerprint density at radius 1 is 0.309 bits per heavy atom. The highest BCUT2D eigenvalue weighted by Gasteiger charge is 2.30. The second-order valence-corrected chi connectivity index (χ2v) is 30.9. The molecule has 3 N–H and O–H groups in total. The summed E-state index contributed by atoms with van der Waals surface area (Å²) < 4.78 is 68.5. The zero-order chi connectivity index (χ0) is 69.4. The summed E-state index contributed by atoms with van der Waals surface area (Å²) in [6.07, 6.45) is 51.1. The lowest BCUT2D eigenvalue weighted by Crippen LogP contribution is -2.30. The van der Waals surface area contributed by atoms with Gasteiger partial charge in [0.05, 0.1) is 26.4 Å². The number of carbonyl (C=O) groups is 4. The van der Waals surface area contributed by atoms with Gasteiger partial charge in [-0.1, -0.05) is 331 Å². The zero-order valence-electron chi connectivity index (χ0n) is 61.4. The van der Waals surface area contributed by atoms with Crippen molar-refractivity contribution in [3.05, 3.63) is 0 Å². The largest absolute Gasteiger partial charge is 0.472 e. The summed E-state index contributed by atoms with van der Waals surface area (Å²) in [5.74, 6) is 0.204. The summed E-state index contributed by atoms with van der Waals surface area (Å²) in [6, 6.07) is 0. The molecule has 0 aromatic carbocycles. The Kier molecular flexibility index (Phi) is 64.3. The predicted octanol–water partition coefficient (Wildman–Crippen LogP) is 21.8. The standard InChI is InChI=1S/C75H146O17P2/c1-8-11-12-13-14-15-16-17-18-19-23-26-35-42-49-56-72(77)85-62-70(91-74(79)58-51-44-37-27-24-21-20-22-25-32-39-46-53-66(4)5)64-89-93(81,82)87-60-69(76)61-88-94(83,84)90-65-71(92-75(80)59-52-45-38-31-29-34-41-48-55-68(7)10-3)63-86-73(78)57-50-43-36-30-28-33-40-47-54-67(6)9-2/h66-71,76H,8-65H2,1-7H3,(H,81,82)(H,83,84)/t67?,68?,69-,70-,71-/m1/s1. The first-order valence-corrected chi connectivity index (χ1v) is 41.9. The van der Waals surface area contributed by atoms with Crippen LogP contribution in [0.2, 0.25) is 0 Å². The Hall–Kier alpha value is -1.94. The van der Waals surface area contributed by atoms with Crippen molar-refractivity contribution in [1.29, 1.82) is 0 Å². The predicted molar refractivity (Wildman–Crippen MR) is 381 cm³/mol. The molecule has 0 fully saturated rings. The summed E-state index contributed by atoms with van der Waals surface area (Å²) in [7, 11) is -9.91. The van der Waals surface area contributed by atoms with Crippen molar-refractivity contribution in [2.45, 2.75) is 401 Å². The van der Waals surface area contributed by atoms with Crippen LogP contribution in [-0.2, 0) is 65.4 Å². The smallest absolute Gasteiger partial charge is 0.462 e. The van der Waals surface area contributed by atoms with E-state index in [2.05, 4.69) is 48.5 Å². The molecule has 0 aromatic heterocycles. The van der Waals surface area contributed by atoms with E-state index in [1.165, 1.54) is 193 Å². The number of hydrogen-bond donors (Lipinski definition) is 3. The van der Waals surface area contributed by atoms with Gasteiger partial charge in [0.1, 0.15) is 19.3 Å². The number of phosphoric acid groups is 2. The lowest BCUT2D eigenvalue weighted by Gasteiger charge is -2.21. The summed E-state index contributed by atoms with van der Waals surface area (Å²) in [4.78, 5) is 72.8. The minimum atomic E-state index is -4.96. The molecule has 0 amide bonds. The third kappa shape index (κ3) is 66.0. The molecule has 4 unspecified atom stereocenters. The van der Waals surface area contributed by atoms with Gasteiger partial charge >= 0.3 is 39.5 Å². The van der Waals surface area contributed by atoms with Gasteiger partial charge in [-0.3, -0.25) is 37.3 Å². The Balaban J connectivity index is 5.27. The number of rotatable bonds is 73. The van der Waals surface area contributed by atoms with E-state index >= 15 is 0 Å². The number of carbonyl (C=O) groups excluding carboxylic acids is 4. The molecule has 0 heterocycles. The van der Waals surface area contributed by atoms with Crippen LogP contribution in [0.1, 0.15) is 382 Å². The van der Waals surface area contributed by atoms with Gasteiger partial charge in [0.25, 0.3) is 0 Å². The van der Waals surface area contributed by atoms with E-state index in [-0.39, 0.29) is 25.7 Å². The van der Waals surface area contributed by atoms with Gasteiger partial charge in [-0.05, 0) is 43.4 Å². The maximum atomic E-state index is 13.1. The molecule has 0 aliphatic rings. The Bertz CT molecular complexity index is 1840. The van der Waals surface area contributed by atoms with Crippen molar-refractivity contribution in [2.75, 3.05) is 39.6 Å². The summed E-state index contributed by atoms with van der Waals surface area (Å²) in [5.41, 5.74) is 0. The molecular weight excluding hydrogens is 1230 g/mol. The molecule has 0 saturated heterocycles. The third-order valence-corrected chi connectivity index (χ3v) is 20.0. The maximum Gasteiger partial charge on any atom is 0.472 e. The molecule has 0 aromatic rings. The molecule has 94 heavy (non-hydrogen) atoms. The van der Waals surface area contributed by atoms with Crippen molar-refractivity contribution < 1.29 is 80.2 Å². The van der Waals surface area contributed by atoms with Crippen LogP contribution in [0, 0.1) is 17.8 Å². The normalized spacial score (nSPS) is 14.7. The first-order chi connectivity index (χ1) is 45.3. The number of aliphatic hydroxyl groups is 1. The van der Waals surface area contributed by atoms with E-state index < -0.39 is 97.5 Å². The van der Waals surface area contributed by atoms with Crippen molar-refractivity contribution in [1.82, 2.24) is 0 Å². The first-order valence-electron chi connectivity index (χ1n) is 38.9. The average molecular weight is 1380 g/mol. The Labute approximate surface area is 575 Å². The van der Waals surface area contributed by atoms with Crippen molar-refractivity contribution in [2.24, 2.45) is 17.8 Å². The van der Waals surface area contributed by atoms with Crippen LogP contribution in [0.25, 0.3) is 0 Å². The lowest BCUT2D eigenvalue weighted by atomic mass is 9.99. The number of hydrogen-bond acceptors (Lipinski definition) is 15. The fraction of sp³-hybridized carbons (Fsp3) is 0.947. The molecule has 0 spiro atoms. The minimum absolute atomic E-state index is 0.104. The fourth-order valence-corrected chi connectivity index (χ4v) is 12.9. The molecule has 17 nitrogen and oxygen atoms in total. The first kappa shape index (κ1) is 92.1. The molecule has 19 heteroatoms. The molecule has 7 atom stereocenters. The van der Waals surface area contributed by atoms with Crippen LogP contribution in [-0.4, -0.2) is 96.7 Å². The van der Waals surface area contributed by atoms with Crippen LogP contribution in [0.3, 0.4) is 0 Å². The SMILES string of the molecule is CCCCCCCCCCCCCCCCCC(=O)OC[C@H](COP(=O)(O)OC[C@@H](O)COP(=O)(O)OC[C@@H](COC(=O)CCCCCCCCCCC(C)CC)OC(=O)CCCCCCCCCCC(C)CC)OC(=O)CCCCCCCCCCCCCCC(C)C. The van der Waals surface area contributed by atoms with Gasteiger partial charge in [-0.25, -0.2) is 9.13 Å². The molecule has 0 rings (SSSR count). The van der Waals surface area contributed by atoms with Gasteiger partial charge < -0.3 is 33.8 Å². The molecule has 0 radical (unpaired) electrons. The second kappa shape index (κ2) is 65.7. The molecule has 0 aliphatic carbocycles. The number of unbranched alkanes of at least 4 members (excludes halogenated alkanes) is 39. The van der Waals surface area contributed by atoms with E-state index in [4.69, 9.17) is 37.0 Å². The number of ether oxygens (including phenoxy) is 4. The van der Waals surface area contributed by atoms with Gasteiger partial charge in [0.2, 0.25) is 0 Å². The number of esters is 4. The summed E-state index contributed by atoms with van der Waals surface area (Å²) in [6.45, 7) is 11.9. The quantitative estimate of drug-likeness (QED) is 0.0222. The molecular formula is C75H146O17P2. The van der Waals surface area contributed by atoms with Gasteiger partial charge in [0.15, 0.2) is 12.2 Å². The Morgan fingerprint density at radius 3 is 0.809 bits per heavy atom.